The summed E-state index contributed by atoms with van der Waals surface area (Å²) in [5.41, 5.74) is 2.82. The van der Waals surface area contributed by atoms with Gasteiger partial charge in [0.2, 0.25) is 0 Å². The summed E-state index contributed by atoms with van der Waals surface area (Å²) in [7, 11) is -3.35. The molecule has 0 aliphatic rings. The van der Waals surface area contributed by atoms with Crippen LogP contribution in [0.1, 0.15) is 44.2 Å². The van der Waals surface area contributed by atoms with E-state index in [1.807, 2.05) is 32.0 Å². The Kier molecular flexibility index (Phi) is 7.36. The number of benzene rings is 3. The van der Waals surface area contributed by atoms with Gasteiger partial charge in [-0.2, -0.15) is 13.2 Å². The summed E-state index contributed by atoms with van der Waals surface area (Å²) >= 11 is 0. The maximum Gasteiger partial charge on any atom is 0.416 e. The van der Waals surface area contributed by atoms with Crippen LogP contribution in [-0.2, 0) is 20.8 Å². The molecule has 34 heavy (non-hydrogen) atoms. The van der Waals surface area contributed by atoms with E-state index >= 15 is 0 Å². The van der Waals surface area contributed by atoms with E-state index in [-0.39, 0.29) is 22.5 Å². The summed E-state index contributed by atoms with van der Waals surface area (Å²) in [6.07, 6.45) is -2.66. The van der Waals surface area contributed by atoms with E-state index in [9.17, 15) is 26.4 Å². The van der Waals surface area contributed by atoms with Crippen LogP contribution in [0.3, 0.4) is 0 Å². The molecule has 0 aliphatic heterocycles. The molecule has 3 rings (SSSR count). The second-order valence-corrected chi connectivity index (χ2v) is 11.0. The monoisotopic (exact) mass is 488 g/mol. The predicted octanol–water partition coefficient (Wildman–Crippen LogP) is 7.16. The molecular weight excluding hydrogens is 461 g/mol. The highest BCUT2D eigenvalue weighted by atomic mass is 32.2. The van der Waals surface area contributed by atoms with Crippen LogP contribution in [-0.4, -0.2) is 20.5 Å². The highest BCUT2D eigenvalue weighted by Gasteiger charge is 2.30. The summed E-state index contributed by atoms with van der Waals surface area (Å²) in [6.45, 7) is 5.60. The van der Waals surface area contributed by atoms with Gasteiger partial charge < -0.3 is 0 Å². The number of hydrogen-bond acceptors (Lipinski definition) is 3. The molecule has 7 heteroatoms. The standard InChI is InChI=1S/C27H27F3O3S/c1-17(2)13-26(18(3)31)23-15-21(19-5-9-24(10-6-19)27(28,29)30)14-22(16-23)20-7-11-25(12-8-20)34(4,32)33/h5-12,14-17,26H,13H2,1-4H3. The van der Waals surface area contributed by atoms with Gasteiger partial charge in [-0.25, -0.2) is 8.42 Å². The first-order valence-electron chi connectivity index (χ1n) is 10.9. The number of carbonyl (C=O) groups excluding carboxylic acids is 1. The molecule has 3 aromatic rings. The fraction of sp³-hybridized carbons (Fsp3) is 0.296. The molecule has 0 spiro atoms. The molecule has 3 aromatic carbocycles. The van der Waals surface area contributed by atoms with Crippen LogP contribution in [0.25, 0.3) is 22.3 Å². The molecule has 0 saturated heterocycles. The number of Topliss-reactive ketones (excluding diaryl/α,β-unsaturated/α-hetero) is 1. The molecule has 0 radical (unpaired) electrons. The molecule has 0 N–H and O–H groups in total. The van der Waals surface area contributed by atoms with E-state index in [0.717, 1.165) is 35.1 Å². The largest absolute Gasteiger partial charge is 0.416 e. The van der Waals surface area contributed by atoms with Crippen molar-refractivity contribution in [2.45, 2.75) is 44.2 Å². The molecule has 0 aliphatic carbocycles. The fourth-order valence-corrected chi connectivity index (χ4v) is 4.57. The van der Waals surface area contributed by atoms with Gasteiger partial charge in [-0.15, -0.1) is 0 Å². The highest BCUT2D eigenvalue weighted by Crippen LogP contribution is 2.36. The Hall–Kier alpha value is -2.93. The Bertz CT molecular complexity index is 1270. The average Bonchev–Trinajstić information content (AvgIpc) is 2.76. The minimum atomic E-state index is -4.43. The fourth-order valence-electron chi connectivity index (χ4n) is 3.94. The third kappa shape index (κ3) is 6.14. The lowest BCUT2D eigenvalue weighted by molar-refractivity contribution is -0.137. The van der Waals surface area contributed by atoms with Crippen molar-refractivity contribution < 1.29 is 26.4 Å². The van der Waals surface area contributed by atoms with Crippen molar-refractivity contribution in [3.63, 3.8) is 0 Å². The minimum Gasteiger partial charge on any atom is -0.299 e. The van der Waals surface area contributed by atoms with Gasteiger partial charge in [0, 0.05) is 12.2 Å². The van der Waals surface area contributed by atoms with Crippen LogP contribution >= 0.6 is 0 Å². The van der Waals surface area contributed by atoms with E-state index in [0.29, 0.717) is 17.5 Å². The van der Waals surface area contributed by atoms with Crippen molar-refractivity contribution in [1.82, 2.24) is 0 Å². The van der Waals surface area contributed by atoms with Gasteiger partial charge in [-0.3, -0.25) is 4.79 Å². The molecule has 0 heterocycles. The van der Waals surface area contributed by atoms with Crippen molar-refractivity contribution in [3.8, 4) is 22.3 Å². The van der Waals surface area contributed by atoms with Gasteiger partial charge in [0.15, 0.2) is 9.84 Å². The summed E-state index contributed by atoms with van der Waals surface area (Å²) in [4.78, 5) is 12.7. The first-order chi connectivity index (χ1) is 15.8. The Morgan fingerprint density at radius 2 is 1.29 bits per heavy atom. The third-order valence-corrected chi connectivity index (χ3v) is 6.85. The molecule has 0 aromatic heterocycles. The van der Waals surface area contributed by atoms with E-state index in [2.05, 4.69) is 0 Å². The zero-order chi connectivity index (χ0) is 25.3. The summed E-state index contributed by atoms with van der Waals surface area (Å²) in [5, 5.41) is 0. The third-order valence-electron chi connectivity index (χ3n) is 5.72. The number of rotatable bonds is 7. The SMILES string of the molecule is CC(=O)C(CC(C)C)c1cc(-c2ccc(C(F)(F)F)cc2)cc(-c2ccc(S(C)(=O)=O)cc2)c1. The molecule has 3 nitrogen and oxygen atoms in total. The number of carbonyl (C=O) groups is 1. The van der Waals surface area contributed by atoms with Gasteiger partial charge in [-0.05, 0) is 77.4 Å². The van der Waals surface area contributed by atoms with Gasteiger partial charge >= 0.3 is 6.18 Å². The van der Waals surface area contributed by atoms with Crippen LogP contribution < -0.4 is 0 Å². The number of alkyl halides is 3. The van der Waals surface area contributed by atoms with Crippen molar-refractivity contribution in [3.05, 3.63) is 77.9 Å². The maximum atomic E-state index is 13.0. The normalized spacial score (nSPS) is 13.2. The molecule has 0 bridgehead atoms. The van der Waals surface area contributed by atoms with Crippen LogP contribution in [0.4, 0.5) is 13.2 Å². The summed E-state index contributed by atoms with van der Waals surface area (Å²) in [5.74, 6) is -0.0822. The molecule has 1 atom stereocenters. The van der Waals surface area contributed by atoms with Crippen LogP contribution in [0.2, 0.25) is 0 Å². The Morgan fingerprint density at radius 1 is 0.824 bits per heavy atom. The molecule has 1 unspecified atom stereocenters. The first-order valence-corrected chi connectivity index (χ1v) is 12.8. The quantitative estimate of drug-likeness (QED) is 0.354. The summed E-state index contributed by atoms with van der Waals surface area (Å²) < 4.78 is 62.7. The number of ketones is 1. The number of hydrogen-bond donors (Lipinski definition) is 0. The molecule has 0 amide bonds. The maximum absolute atomic E-state index is 13.0. The molecule has 0 fully saturated rings. The van der Waals surface area contributed by atoms with E-state index in [4.69, 9.17) is 0 Å². The predicted molar refractivity (Wildman–Crippen MR) is 128 cm³/mol. The second-order valence-electron chi connectivity index (χ2n) is 9.01. The first kappa shape index (κ1) is 25.7. The van der Waals surface area contributed by atoms with Crippen LogP contribution in [0, 0.1) is 5.92 Å². The van der Waals surface area contributed by atoms with Gasteiger partial charge in [0.05, 0.1) is 10.5 Å². The molecular formula is C27H27F3O3S. The Balaban J connectivity index is 2.16. The zero-order valence-electron chi connectivity index (χ0n) is 19.5. The summed E-state index contributed by atoms with van der Waals surface area (Å²) in [6, 6.07) is 16.9. The number of halogens is 3. The molecule has 0 saturated carbocycles. The second kappa shape index (κ2) is 9.74. The van der Waals surface area contributed by atoms with Crippen molar-refractivity contribution in [2.24, 2.45) is 5.92 Å². The Labute approximate surface area is 198 Å². The highest BCUT2D eigenvalue weighted by molar-refractivity contribution is 7.90. The van der Waals surface area contributed by atoms with Crippen molar-refractivity contribution in [1.29, 1.82) is 0 Å². The minimum absolute atomic E-state index is 0.0108. The van der Waals surface area contributed by atoms with E-state index in [1.165, 1.54) is 24.3 Å². The van der Waals surface area contributed by atoms with Gasteiger partial charge in [0.1, 0.15) is 5.78 Å². The van der Waals surface area contributed by atoms with Crippen LogP contribution in [0.5, 0.6) is 0 Å². The van der Waals surface area contributed by atoms with E-state index in [1.54, 1.807) is 19.1 Å². The molecule has 180 valence electrons. The van der Waals surface area contributed by atoms with Crippen molar-refractivity contribution in [2.75, 3.05) is 6.26 Å². The average molecular weight is 489 g/mol. The van der Waals surface area contributed by atoms with Crippen molar-refractivity contribution >= 4 is 15.6 Å². The zero-order valence-corrected chi connectivity index (χ0v) is 20.3. The lowest BCUT2D eigenvalue weighted by Crippen LogP contribution is -2.12. The Morgan fingerprint density at radius 3 is 1.68 bits per heavy atom. The van der Waals surface area contributed by atoms with Gasteiger partial charge in [-0.1, -0.05) is 50.2 Å². The smallest absolute Gasteiger partial charge is 0.299 e. The lowest BCUT2D eigenvalue weighted by Gasteiger charge is -2.19. The van der Waals surface area contributed by atoms with Crippen LogP contribution in [0.15, 0.2) is 71.6 Å². The number of sulfone groups is 1. The lowest BCUT2D eigenvalue weighted by atomic mass is 9.84. The van der Waals surface area contributed by atoms with E-state index < -0.39 is 21.6 Å². The van der Waals surface area contributed by atoms with Gasteiger partial charge in [0.25, 0.3) is 0 Å². The topological polar surface area (TPSA) is 51.2 Å².